The fourth-order valence-electron chi connectivity index (χ4n) is 2.59. The number of rotatable bonds is 5. The predicted octanol–water partition coefficient (Wildman–Crippen LogP) is 3.57. The maximum Gasteiger partial charge on any atom is 0.0536 e. The van der Waals surface area contributed by atoms with Crippen LogP contribution in [-0.4, -0.2) is 33.3 Å². The van der Waals surface area contributed by atoms with Crippen molar-refractivity contribution in [2.24, 2.45) is 0 Å². The highest BCUT2D eigenvalue weighted by atomic mass is 79.9. The molecule has 1 aromatic carbocycles. The summed E-state index contributed by atoms with van der Waals surface area (Å²) in [5.74, 6) is 0. The van der Waals surface area contributed by atoms with E-state index in [0.717, 1.165) is 24.1 Å². The molecule has 0 spiro atoms. The van der Waals surface area contributed by atoms with Crippen LogP contribution in [-0.2, 0) is 13.1 Å². The number of hydrogen-bond acceptors (Lipinski definition) is 2. The number of H-pyrrole nitrogens is 1. The Labute approximate surface area is 132 Å². The van der Waals surface area contributed by atoms with Crippen LogP contribution in [0.15, 0.2) is 41.1 Å². The summed E-state index contributed by atoms with van der Waals surface area (Å²) >= 11 is 3.55. The van der Waals surface area contributed by atoms with E-state index < -0.39 is 0 Å². The van der Waals surface area contributed by atoms with E-state index in [1.165, 1.54) is 22.2 Å². The van der Waals surface area contributed by atoms with Gasteiger partial charge in [-0.1, -0.05) is 15.9 Å². The van der Waals surface area contributed by atoms with Gasteiger partial charge >= 0.3 is 0 Å². The average Bonchev–Trinajstić information content (AvgIpc) is 3.05. The van der Waals surface area contributed by atoms with Crippen molar-refractivity contribution in [2.45, 2.75) is 20.0 Å². The number of benzene rings is 1. The average molecular weight is 347 g/mol. The van der Waals surface area contributed by atoms with E-state index in [4.69, 9.17) is 0 Å². The molecule has 0 bridgehead atoms. The third-order valence-electron chi connectivity index (χ3n) is 3.68. The molecule has 21 heavy (non-hydrogen) atoms. The minimum atomic E-state index is 0.910. The largest absolute Gasteiger partial charge is 0.357 e. The predicted molar refractivity (Wildman–Crippen MR) is 89.3 cm³/mol. The van der Waals surface area contributed by atoms with Crippen LogP contribution < -0.4 is 0 Å². The van der Waals surface area contributed by atoms with E-state index in [2.05, 4.69) is 63.1 Å². The lowest BCUT2D eigenvalue weighted by Crippen LogP contribution is -2.23. The second kappa shape index (κ2) is 6.03. The minimum absolute atomic E-state index is 0.910. The Kier molecular flexibility index (Phi) is 4.12. The second-order valence-electron chi connectivity index (χ2n) is 5.49. The van der Waals surface area contributed by atoms with Crippen LogP contribution in [0.4, 0.5) is 0 Å². The Morgan fingerprint density at radius 1 is 1.33 bits per heavy atom. The van der Waals surface area contributed by atoms with Crippen molar-refractivity contribution in [3.05, 3.63) is 52.4 Å². The van der Waals surface area contributed by atoms with Gasteiger partial charge in [0.2, 0.25) is 0 Å². The van der Waals surface area contributed by atoms with Gasteiger partial charge < -0.3 is 4.98 Å². The Balaban J connectivity index is 1.68. The SMILES string of the molecule is Cc1cc(Br)cc2[nH]c(CN(C)CCn3cccn3)cc12. The van der Waals surface area contributed by atoms with Crippen LogP contribution in [0.25, 0.3) is 10.9 Å². The number of aromatic nitrogens is 3. The molecule has 1 N–H and O–H groups in total. The molecule has 0 aliphatic heterocycles. The minimum Gasteiger partial charge on any atom is -0.357 e. The Morgan fingerprint density at radius 3 is 2.95 bits per heavy atom. The number of aryl methyl sites for hydroxylation is 1. The van der Waals surface area contributed by atoms with E-state index in [9.17, 15) is 0 Å². The van der Waals surface area contributed by atoms with Crippen molar-refractivity contribution in [1.29, 1.82) is 0 Å². The van der Waals surface area contributed by atoms with E-state index in [1.807, 2.05) is 23.1 Å². The Bertz CT molecular complexity index is 730. The van der Waals surface area contributed by atoms with Crippen molar-refractivity contribution >= 4 is 26.8 Å². The molecule has 0 unspecified atom stereocenters. The molecule has 4 nitrogen and oxygen atoms in total. The second-order valence-corrected chi connectivity index (χ2v) is 6.40. The molecule has 110 valence electrons. The highest BCUT2D eigenvalue weighted by Crippen LogP contribution is 2.24. The fourth-order valence-corrected chi connectivity index (χ4v) is 3.17. The summed E-state index contributed by atoms with van der Waals surface area (Å²) in [5, 5.41) is 5.53. The maximum atomic E-state index is 4.23. The molecule has 0 aliphatic rings. The van der Waals surface area contributed by atoms with Crippen molar-refractivity contribution in [2.75, 3.05) is 13.6 Å². The van der Waals surface area contributed by atoms with Gasteiger partial charge in [0.25, 0.3) is 0 Å². The van der Waals surface area contributed by atoms with E-state index >= 15 is 0 Å². The maximum absolute atomic E-state index is 4.23. The molecule has 0 aliphatic carbocycles. The monoisotopic (exact) mass is 346 g/mol. The molecule has 2 heterocycles. The van der Waals surface area contributed by atoms with Crippen molar-refractivity contribution in [1.82, 2.24) is 19.7 Å². The molecule has 2 aromatic heterocycles. The van der Waals surface area contributed by atoms with Crippen LogP contribution in [0.2, 0.25) is 0 Å². The number of aromatic amines is 1. The molecule has 0 radical (unpaired) electrons. The normalized spacial score (nSPS) is 11.6. The van der Waals surface area contributed by atoms with Crippen LogP contribution in [0.3, 0.4) is 0 Å². The molecule has 0 fully saturated rings. The van der Waals surface area contributed by atoms with Crippen LogP contribution in [0.5, 0.6) is 0 Å². The highest BCUT2D eigenvalue weighted by Gasteiger charge is 2.07. The first-order valence-electron chi connectivity index (χ1n) is 7.05. The van der Waals surface area contributed by atoms with Gasteiger partial charge in [0.1, 0.15) is 0 Å². The molecule has 0 saturated carbocycles. The molecule has 0 saturated heterocycles. The smallest absolute Gasteiger partial charge is 0.0536 e. The topological polar surface area (TPSA) is 36.9 Å². The summed E-state index contributed by atoms with van der Waals surface area (Å²) in [6.45, 7) is 4.94. The molecule has 3 rings (SSSR count). The molecular weight excluding hydrogens is 328 g/mol. The first-order chi connectivity index (χ1) is 10.1. The number of hydrogen-bond donors (Lipinski definition) is 1. The van der Waals surface area contributed by atoms with Crippen LogP contribution in [0, 0.1) is 6.92 Å². The first kappa shape index (κ1) is 14.4. The molecule has 5 heteroatoms. The van der Waals surface area contributed by atoms with Gasteiger partial charge in [-0.05, 0) is 43.8 Å². The van der Waals surface area contributed by atoms with Crippen LogP contribution in [0.1, 0.15) is 11.3 Å². The van der Waals surface area contributed by atoms with Crippen molar-refractivity contribution < 1.29 is 0 Å². The van der Waals surface area contributed by atoms with Gasteiger partial charge in [-0.2, -0.15) is 5.10 Å². The molecule has 0 atom stereocenters. The highest BCUT2D eigenvalue weighted by molar-refractivity contribution is 9.10. The number of fused-ring (bicyclic) bond motifs is 1. The van der Waals surface area contributed by atoms with Gasteiger partial charge in [-0.3, -0.25) is 9.58 Å². The van der Waals surface area contributed by atoms with Crippen molar-refractivity contribution in [3.8, 4) is 0 Å². The number of nitrogens with one attached hydrogen (secondary N) is 1. The first-order valence-corrected chi connectivity index (χ1v) is 7.85. The zero-order valence-electron chi connectivity index (χ0n) is 12.3. The fraction of sp³-hybridized carbons (Fsp3) is 0.312. The number of likely N-dealkylation sites (N-methyl/N-ethyl adjacent to an activating group) is 1. The third kappa shape index (κ3) is 3.36. The molecular formula is C16H19BrN4. The van der Waals surface area contributed by atoms with Crippen molar-refractivity contribution in [3.63, 3.8) is 0 Å². The van der Waals surface area contributed by atoms with Gasteiger partial charge in [-0.15, -0.1) is 0 Å². The van der Waals surface area contributed by atoms with E-state index in [-0.39, 0.29) is 0 Å². The number of halogens is 1. The lowest BCUT2D eigenvalue weighted by Gasteiger charge is -2.15. The van der Waals surface area contributed by atoms with Gasteiger partial charge in [0.15, 0.2) is 0 Å². The Hall–Kier alpha value is -1.59. The molecule has 3 aromatic rings. The summed E-state index contributed by atoms with van der Waals surface area (Å²) in [4.78, 5) is 5.81. The summed E-state index contributed by atoms with van der Waals surface area (Å²) in [6.07, 6.45) is 3.82. The van der Waals surface area contributed by atoms with E-state index in [0.29, 0.717) is 0 Å². The third-order valence-corrected chi connectivity index (χ3v) is 4.13. The quantitative estimate of drug-likeness (QED) is 0.766. The standard InChI is InChI=1S/C16H19BrN4/c1-12-8-13(17)9-16-15(12)10-14(19-16)11-20(2)6-7-21-5-3-4-18-21/h3-5,8-10,19H,6-7,11H2,1-2H3. The number of nitrogens with zero attached hydrogens (tertiary/aromatic N) is 3. The zero-order chi connectivity index (χ0) is 14.8. The lowest BCUT2D eigenvalue weighted by molar-refractivity contribution is 0.302. The summed E-state index contributed by atoms with van der Waals surface area (Å²) in [5.41, 5.74) is 3.73. The van der Waals surface area contributed by atoms with E-state index in [1.54, 1.807) is 0 Å². The van der Waals surface area contributed by atoms with Crippen LogP contribution >= 0.6 is 15.9 Å². The van der Waals surface area contributed by atoms with Gasteiger partial charge in [-0.25, -0.2) is 0 Å². The molecule has 0 amide bonds. The van der Waals surface area contributed by atoms with Gasteiger partial charge in [0.05, 0.1) is 6.54 Å². The summed E-state index contributed by atoms with van der Waals surface area (Å²) < 4.78 is 3.08. The summed E-state index contributed by atoms with van der Waals surface area (Å²) in [6, 6.07) is 8.50. The lowest BCUT2D eigenvalue weighted by atomic mass is 10.1. The zero-order valence-corrected chi connectivity index (χ0v) is 13.9. The Morgan fingerprint density at radius 2 is 2.19 bits per heavy atom. The summed E-state index contributed by atoms with van der Waals surface area (Å²) in [7, 11) is 2.14. The van der Waals surface area contributed by atoms with Gasteiger partial charge in [0, 0.05) is 46.6 Å².